The van der Waals surface area contributed by atoms with Gasteiger partial charge in [0.15, 0.2) is 11.7 Å². The SMILES string of the molecule is CN=C(NCCCNC(=O)c1occc1C)NC1CCN(C(=O)C(C)C)CC1.I. The summed E-state index contributed by atoms with van der Waals surface area (Å²) < 4.78 is 5.18. The van der Waals surface area contributed by atoms with Crippen LogP contribution in [0.15, 0.2) is 21.7 Å². The minimum atomic E-state index is -0.187. The second-order valence-electron chi connectivity index (χ2n) is 7.44. The van der Waals surface area contributed by atoms with E-state index in [0.717, 1.165) is 43.9 Å². The average Bonchev–Trinajstić information content (AvgIpc) is 3.12. The van der Waals surface area contributed by atoms with Crippen molar-refractivity contribution in [1.82, 2.24) is 20.9 Å². The van der Waals surface area contributed by atoms with Crippen LogP contribution in [0.25, 0.3) is 0 Å². The van der Waals surface area contributed by atoms with E-state index in [4.69, 9.17) is 4.42 Å². The van der Waals surface area contributed by atoms with Crippen molar-refractivity contribution in [1.29, 1.82) is 0 Å². The van der Waals surface area contributed by atoms with Crippen molar-refractivity contribution in [2.75, 3.05) is 33.2 Å². The Kier molecular flexibility index (Phi) is 11.1. The van der Waals surface area contributed by atoms with E-state index in [1.54, 1.807) is 13.1 Å². The maximum atomic E-state index is 12.1. The Hall–Kier alpha value is -1.78. The van der Waals surface area contributed by atoms with Gasteiger partial charge in [0.2, 0.25) is 5.91 Å². The molecular weight excluding hydrogens is 485 g/mol. The third-order valence-corrected chi connectivity index (χ3v) is 4.86. The van der Waals surface area contributed by atoms with E-state index in [-0.39, 0.29) is 41.7 Å². The van der Waals surface area contributed by atoms with E-state index in [1.165, 1.54) is 6.26 Å². The topological polar surface area (TPSA) is 99.0 Å². The number of carbonyl (C=O) groups is 2. The number of halogens is 1. The third kappa shape index (κ3) is 7.87. The van der Waals surface area contributed by atoms with Gasteiger partial charge in [0.1, 0.15) is 0 Å². The fourth-order valence-corrected chi connectivity index (χ4v) is 3.18. The van der Waals surface area contributed by atoms with Gasteiger partial charge in [-0.1, -0.05) is 13.8 Å². The van der Waals surface area contributed by atoms with Gasteiger partial charge in [-0.05, 0) is 32.3 Å². The molecule has 0 radical (unpaired) electrons. The number of guanidine groups is 1. The average molecular weight is 519 g/mol. The molecule has 0 saturated carbocycles. The Morgan fingerprint density at radius 3 is 2.45 bits per heavy atom. The number of hydrogen-bond donors (Lipinski definition) is 3. The molecule has 164 valence electrons. The lowest BCUT2D eigenvalue weighted by molar-refractivity contribution is -0.135. The van der Waals surface area contributed by atoms with Crippen LogP contribution in [0.4, 0.5) is 0 Å². The molecule has 8 nitrogen and oxygen atoms in total. The highest BCUT2D eigenvalue weighted by atomic mass is 127. The number of aryl methyl sites for hydroxylation is 1. The van der Waals surface area contributed by atoms with Crippen LogP contribution in [-0.2, 0) is 4.79 Å². The van der Waals surface area contributed by atoms with E-state index in [1.807, 2.05) is 25.7 Å². The summed E-state index contributed by atoms with van der Waals surface area (Å²) >= 11 is 0. The van der Waals surface area contributed by atoms with Crippen LogP contribution in [0.5, 0.6) is 0 Å². The van der Waals surface area contributed by atoms with Crippen LogP contribution in [-0.4, -0.2) is 61.9 Å². The molecule has 2 rings (SSSR count). The van der Waals surface area contributed by atoms with Gasteiger partial charge in [0.05, 0.1) is 6.26 Å². The van der Waals surface area contributed by atoms with Crippen LogP contribution < -0.4 is 16.0 Å². The highest BCUT2D eigenvalue weighted by molar-refractivity contribution is 14.0. The van der Waals surface area contributed by atoms with Crippen molar-refractivity contribution in [3.63, 3.8) is 0 Å². The quantitative estimate of drug-likeness (QED) is 0.222. The molecule has 1 saturated heterocycles. The first-order valence-electron chi connectivity index (χ1n) is 10.0. The highest BCUT2D eigenvalue weighted by Crippen LogP contribution is 2.13. The number of hydrogen-bond acceptors (Lipinski definition) is 4. The van der Waals surface area contributed by atoms with E-state index in [2.05, 4.69) is 20.9 Å². The number of piperidine rings is 1. The van der Waals surface area contributed by atoms with Gasteiger partial charge >= 0.3 is 0 Å². The number of amides is 2. The summed E-state index contributed by atoms with van der Waals surface area (Å²) in [5, 5.41) is 9.55. The van der Waals surface area contributed by atoms with Crippen LogP contribution >= 0.6 is 24.0 Å². The van der Waals surface area contributed by atoms with Crippen LogP contribution in [0.2, 0.25) is 0 Å². The second kappa shape index (κ2) is 12.7. The van der Waals surface area contributed by atoms with Gasteiger partial charge in [-0.15, -0.1) is 24.0 Å². The largest absolute Gasteiger partial charge is 0.459 e. The molecule has 9 heteroatoms. The highest BCUT2D eigenvalue weighted by Gasteiger charge is 2.24. The minimum absolute atomic E-state index is 0. The number of carbonyl (C=O) groups excluding carboxylic acids is 2. The van der Waals surface area contributed by atoms with Gasteiger partial charge in [-0.3, -0.25) is 14.6 Å². The number of nitrogens with zero attached hydrogens (tertiary/aromatic N) is 2. The fourth-order valence-electron chi connectivity index (χ4n) is 3.18. The molecule has 1 aliphatic rings. The Morgan fingerprint density at radius 1 is 1.24 bits per heavy atom. The third-order valence-electron chi connectivity index (χ3n) is 4.86. The maximum Gasteiger partial charge on any atom is 0.287 e. The Morgan fingerprint density at radius 2 is 1.90 bits per heavy atom. The monoisotopic (exact) mass is 519 g/mol. The minimum Gasteiger partial charge on any atom is -0.459 e. The van der Waals surface area contributed by atoms with E-state index < -0.39 is 0 Å². The summed E-state index contributed by atoms with van der Waals surface area (Å²) in [5.41, 5.74) is 0.835. The molecule has 0 aromatic carbocycles. The van der Waals surface area contributed by atoms with Crippen molar-refractivity contribution >= 4 is 41.8 Å². The van der Waals surface area contributed by atoms with Gasteiger partial charge in [0, 0.05) is 50.7 Å². The lowest BCUT2D eigenvalue weighted by Gasteiger charge is -2.34. The fraction of sp³-hybridized carbons (Fsp3) is 0.650. The zero-order valence-electron chi connectivity index (χ0n) is 17.8. The summed E-state index contributed by atoms with van der Waals surface area (Å²) in [4.78, 5) is 30.2. The van der Waals surface area contributed by atoms with Gasteiger partial charge in [-0.25, -0.2) is 0 Å². The first-order chi connectivity index (χ1) is 13.4. The predicted molar refractivity (Wildman–Crippen MR) is 125 cm³/mol. The smallest absolute Gasteiger partial charge is 0.287 e. The molecule has 1 aromatic rings. The van der Waals surface area contributed by atoms with Gasteiger partial charge in [-0.2, -0.15) is 0 Å². The first-order valence-corrected chi connectivity index (χ1v) is 10.0. The molecule has 0 aliphatic carbocycles. The van der Waals surface area contributed by atoms with Crippen LogP contribution in [0, 0.1) is 12.8 Å². The summed E-state index contributed by atoms with van der Waals surface area (Å²) in [5.74, 6) is 1.21. The van der Waals surface area contributed by atoms with Gasteiger partial charge in [0.25, 0.3) is 5.91 Å². The zero-order valence-corrected chi connectivity index (χ0v) is 20.1. The Labute approximate surface area is 190 Å². The molecule has 1 aliphatic heterocycles. The lowest BCUT2D eigenvalue weighted by atomic mass is 10.0. The first kappa shape index (κ1) is 25.3. The number of furan rings is 1. The van der Waals surface area contributed by atoms with Crippen molar-refractivity contribution in [3.8, 4) is 0 Å². The molecule has 0 bridgehead atoms. The molecule has 0 atom stereocenters. The molecule has 1 fully saturated rings. The second-order valence-corrected chi connectivity index (χ2v) is 7.44. The van der Waals surface area contributed by atoms with E-state index in [9.17, 15) is 9.59 Å². The number of nitrogens with one attached hydrogen (secondary N) is 3. The normalized spacial score (nSPS) is 15.1. The Bertz CT molecular complexity index is 681. The standard InChI is InChI=1S/C20H33N5O3.HI/c1-14(2)19(27)25-11-6-16(7-12-25)24-20(21-4)23-10-5-9-22-18(26)17-15(3)8-13-28-17;/h8,13-14,16H,5-7,9-12H2,1-4H3,(H,22,26)(H2,21,23,24);1H. The van der Waals surface area contributed by atoms with E-state index in [0.29, 0.717) is 24.9 Å². The van der Waals surface area contributed by atoms with Crippen molar-refractivity contribution in [2.24, 2.45) is 10.9 Å². The van der Waals surface area contributed by atoms with Crippen molar-refractivity contribution < 1.29 is 14.0 Å². The van der Waals surface area contributed by atoms with Crippen LogP contribution in [0.1, 0.15) is 49.2 Å². The number of aliphatic imine (C=N–C) groups is 1. The van der Waals surface area contributed by atoms with Crippen molar-refractivity contribution in [3.05, 3.63) is 23.7 Å². The van der Waals surface area contributed by atoms with E-state index >= 15 is 0 Å². The molecule has 2 heterocycles. The summed E-state index contributed by atoms with van der Waals surface area (Å²) in [6.07, 6.45) is 4.12. The maximum absolute atomic E-state index is 12.1. The van der Waals surface area contributed by atoms with Crippen LogP contribution in [0.3, 0.4) is 0 Å². The van der Waals surface area contributed by atoms with Gasteiger partial charge < -0.3 is 25.3 Å². The molecule has 0 spiro atoms. The summed E-state index contributed by atoms with van der Waals surface area (Å²) in [6.45, 7) is 8.54. The number of likely N-dealkylation sites (tertiary alicyclic amines) is 1. The summed E-state index contributed by atoms with van der Waals surface area (Å²) in [7, 11) is 1.74. The number of rotatable bonds is 7. The lowest BCUT2D eigenvalue weighted by Crippen LogP contribution is -2.50. The molecule has 3 N–H and O–H groups in total. The molecule has 29 heavy (non-hydrogen) atoms. The molecular formula is C20H34IN5O3. The zero-order chi connectivity index (χ0) is 20.5. The Balaban J connectivity index is 0.00000420. The van der Waals surface area contributed by atoms with Crippen molar-refractivity contribution in [2.45, 2.75) is 46.1 Å². The molecule has 2 amide bonds. The molecule has 0 unspecified atom stereocenters. The summed E-state index contributed by atoms with van der Waals surface area (Å²) in [6, 6.07) is 2.08. The molecule has 1 aromatic heterocycles. The predicted octanol–water partition coefficient (Wildman–Crippen LogP) is 2.14.